The summed E-state index contributed by atoms with van der Waals surface area (Å²) in [6, 6.07) is 19.0. The van der Waals surface area contributed by atoms with Crippen LogP contribution in [0.2, 0.25) is 10.0 Å². The van der Waals surface area contributed by atoms with Crippen molar-refractivity contribution in [2.45, 2.75) is 69.5 Å². The molecule has 0 unspecified atom stereocenters. The first-order valence-corrected chi connectivity index (χ1v) is 15.9. The van der Waals surface area contributed by atoms with E-state index in [1.165, 1.54) is 35.2 Å². The first-order valence-electron chi connectivity index (χ1n) is 13.7. The number of carbonyl (C=O) groups excluding carboxylic acids is 2. The number of nitrogens with one attached hydrogen (secondary N) is 1. The fraction of sp³-hybridized carbons (Fsp3) is 0.355. The molecule has 4 rings (SSSR count). The average molecular weight is 617 g/mol. The molecule has 0 saturated heterocycles. The molecule has 2 amide bonds. The maximum absolute atomic E-state index is 14.0. The van der Waals surface area contributed by atoms with Crippen molar-refractivity contribution in [1.29, 1.82) is 0 Å². The van der Waals surface area contributed by atoms with Gasteiger partial charge in [-0.25, -0.2) is 8.42 Å². The monoisotopic (exact) mass is 615 g/mol. The normalized spacial score (nSPS) is 14.7. The number of halogens is 2. The van der Waals surface area contributed by atoms with Gasteiger partial charge in [-0.2, -0.15) is 0 Å². The molecule has 0 bridgehead atoms. The van der Waals surface area contributed by atoms with E-state index in [0.29, 0.717) is 10.0 Å². The van der Waals surface area contributed by atoms with Gasteiger partial charge in [0, 0.05) is 22.6 Å². The Hall–Kier alpha value is -3.07. The molecule has 3 aromatic carbocycles. The third-order valence-corrected chi connectivity index (χ3v) is 9.64. The Balaban J connectivity index is 1.67. The molecule has 1 saturated carbocycles. The highest BCUT2D eigenvalue weighted by Crippen LogP contribution is 2.28. The van der Waals surface area contributed by atoms with Crippen LogP contribution in [0, 0.1) is 6.92 Å². The number of nitrogens with zero attached hydrogens (tertiary/aromatic N) is 2. The Bertz CT molecular complexity index is 1460. The summed E-state index contributed by atoms with van der Waals surface area (Å²) in [6.07, 6.45) is 5.09. The fourth-order valence-electron chi connectivity index (χ4n) is 4.94. The van der Waals surface area contributed by atoms with Crippen LogP contribution in [-0.4, -0.2) is 43.8 Å². The van der Waals surface area contributed by atoms with Gasteiger partial charge in [0.05, 0.1) is 10.6 Å². The molecular weight excluding hydrogens is 581 g/mol. The molecule has 218 valence electrons. The molecule has 0 spiro atoms. The molecular formula is C31H35Cl2N3O4S. The lowest BCUT2D eigenvalue weighted by molar-refractivity contribution is -0.139. The zero-order valence-corrected chi connectivity index (χ0v) is 25.6. The summed E-state index contributed by atoms with van der Waals surface area (Å²) in [6.45, 7) is 3.26. The summed E-state index contributed by atoms with van der Waals surface area (Å²) in [5.74, 6) is -0.776. The second-order valence-corrected chi connectivity index (χ2v) is 13.2. The van der Waals surface area contributed by atoms with Crippen molar-refractivity contribution < 1.29 is 18.0 Å². The molecule has 0 radical (unpaired) electrons. The van der Waals surface area contributed by atoms with Crippen molar-refractivity contribution >= 4 is 50.7 Å². The van der Waals surface area contributed by atoms with E-state index in [-0.39, 0.29) is 29.1 Å². The Labute approximate surface area is 252 Å². The first kappa shape index (κ1) is 30.9. The van der Waals surface area contributed by atoms with E-state index in [4.69, 9.17) is 23.2 Å². The number of rotatable bonds is 10. The number of sulfonamides is 1. The van der Waals surface area contributed by atoms with E-state index in [1.54, 1.807) is 25.1 Å². The molecule has 1 fully saturated rings. The van der Waals surface area contributed by atoms with Gasteiger partial charge in [-0.15, -0.1) is 0 Å². The highest BCUT2D eigenvalue weighted by molar-refractivity contribution is 7.92. The van der Waals surface area contributed by atoms with E-state index < -0.39 is 28.5 Å². The van der Waals surface area contributed by atoms with Crippen LogP contribution >= 0.6 is 23.2 Å². The van der Waals surface area contributed by atoms with E-state index in [9.17, 15) is 18.0 Å². The van der Waals surface area contributed by atoms with Crippen molar-refractivity contribution in [3.8, 4) is 0 Å². The van der Waals surface area contributed by atoms with Gasteiger partial charge in [0.2, 0.25) is 11.8 Å². The van der Waals surface area contributed by atoms with Gasteiger partial charge < -0.3 is 10.2 Å². The molecule has 7 nitrogen and oxygen atoms in total. The summed E-state index contributed by atoms with van der Waals surface area (Å²) < 4.78 is 28.8. The van der Waals surface area contributed by atoms with Gasteiger partial charge in [-0.05, 0) is 74.7 Å². The number of amides is 2. The van der Waals surface area contributed by atoms with Gasteiger partial charge in [0.1, 0.15) is 12.6 Å². The zero-order chi connectivity index (χ0) is 29.6. The molecule has 0 aliphatic heterocycles. The number of aryl methyl sites for hydroxylation is 1. The summed E-state index contributed by atoms with van der Waals surface area (Å²) in [5, 5.41) is 3.82. The minimum atomic E-state index is -4.20. The molecule has 41 heavy (non-hydrogen) atoms. The standard InChI is InChI=1S/C31H35Cl2N3O4S/c1-22-11-13-24(14-12-22)20-35(23(2)31(38)34-27-8-4-3-5-9-27)30(37)21-36(28-10-6-7-26(33)19-28)41(39,40)29-17-15-25(32)16-18-29/h6-7,10-19,23,27H,3-5,8-9,20-21H2,1-2H3,(H,34,38)/t23-/m0/s1. The number of benzene rings is 3. The van der Waals surface area contributed by atoms with Crippen molar-refractivity contribution in [1.82, 2.24) is 10.2 Å². The van der Waals surface area contributed by atoms with Crippen molar-refractivity contribution in [3.63, 3.8) is 0 Å². The predicted octanol–water partition coefficient (Wildman–Crippen LogP) is 6.36. The summed E-state index contributed by atoms with van der Waals surface area (Å²) in [4.78, 5) is 28.8. The summed E-state index contributed by atoms with van der Waals surface area (Å²) in [5.41, 5.74) is 2.13. The average Bonchev–Trinajstić information content (AvgIpc) is 2.95. The van der Waals surface area contributed by atoms with E-state index in [0.717, 1.165) is 47.5 Å². The van der Waals surface area contributed by atoms with Gasteiger partial charge in [0.15, 0.2) is 0 Å². The third-order valence-electron chi connectivity index (χ3n) is 7.37. The molecule has 1 N–H and O–H groups in total. The largest absolute Gasteiger partial charge is 0.352 e. The van der Waals surface area contributed by atoms with Crippen LogP contribution in [0.1, 0.15) is 50.2 Å². The SMILES string of the molecule is Cc1ccc(CN(C(=O)CN(c2cccc(Cl)c2)S(=O)(=O)c2ccc(Cl)cc2)[C@@H](C)C(=O)NC2CCCCC2)cc1. The van der Waals surface area contributed by atoms with Crippen molar-refractivity contribution in [3.05, 3.63) is 94.0 Å². The second kappa shape index (κ2) is 13.7. The zero-order valence-electron chi connectivity index (χ0n) is 23.2. The highest BCUT2D eigenvalue weighted by atomic mass is 35.5. The Kier molecular flexibility index (Phi) is 10.3. The van der Waals surface area contributed by atoms with Crippen LogP contribution in [0.3, 0.4) is 0 Å². The lowest BCUT2D eigenvalue weighted by Gasteiger charge is -2.33. The Morgan fingerprint density at radius 1 is 0.927 bits per heavy atom. The smallest absolute Gasteiger partial charge is 0.264 e. The molecule has 3 aromatic rings. The highest BCUT2D eigenvalue weighted by Gasteiger charge is 2.33. The molecule has 10 heteroatoms. The van der Waals surface area contributed by atoms with Crippen molar-refractivity contribution in [2.24, 2.45) is 0 Å². The topological polar surface area (TPSA) is 86.8 Å². The third kappa shape index (κ3) is 8.03. The predicted molar refractivity (Wildman–Crippen MR) is 164 cm³/mol. The van der Waals surface area contributed by atoms with Gasteiger partial charge >= 0.3 is 0 Å². The van der Waals surface area contributed by atoms with Crippen LogP contribution in [-0.2, 0) is 26.2 Å². The van der Waals surface area contributed by atoms with Crippen LogP contribution < -0.4 is 9.62 Å². The maximum Gasteiger partial charge on any atom is 0.264 e. The number of anilines is 1. The minimum absolute atomic E-state index is 0.0251. The van der Waals surface area contributed by atoms with Gasteiger partial charge in [-0.1, -0.05) is 78.4 Å². The minimum Gasteiger partial charge on any atom is -0.352 e. The molecule has 1 aliphatic rings. The first-order chi connectivity index (χ1) is 19.5. The van der Waals surface area contributed by atoms with E-state index in [2.05, 4.69) is 5.32 Å². The molecule has 1 aliphatic carbocycles. The van der Waals surface area contributed by atoms with Gasteiger partial charge in [0.25, 0.3) is 10.0 Å². The Morgan fingerprint density at radius 2 is 1.59 bits per heavy atom. The lowest BCUT2D eigenvalue weighted by atomic mass is 9.95. The summed E-state index contributed by atoms with van der Waals surface area (Å²) >= 11 is 12.2. The summed E-state index contributed by atoms with van der Waals surface area (Å²) in [7, 11) is -4.20. The number of hydrogen-bond donors (Lipinski definition) is 1. The van der Waals surface area contributed by atoms with E-state index in [1.807, 2.05) is 31.2 Å². The molecule has 0 heterocycles. The van der Waals surface area contributed by atoms with Crippen molar-refractivity contribution in [2.75, 3.05) is 10.8 Å². The molecule has 0 aromatic heterocycles. The van der Waals surface area contributed by atoms with Crippen LogP contribution in [0.5, 0.6) is 0 Å². The molecule has 1 atom stereocenters. The fourth-order valence-corrected chi connectivity index (χ4v) is 6.65. The lowest BCUT2D eigenvalue weighted by Crippen LogP contribution is -2.53. The number of hydrogen-bond acceptors (Lipinski definition) is 4. The van der Waals surface area contributed by atoms with Crippen LogP contribution in [0.25, 0.3) is 0 Å². The van der Waals surface area contributed by atoms with E-state index >= 15 is 0 Å². The number of carbonyl (C=O) groups is 2. The quantitative estimate of drug-likeness (QED) is 0.287. The second-order valence-electron chi connectivity index (χ2n) is 10.5. The van der Waals surface area contributed by atoms with Crippen LogP contribution in [0.15, 0.2) is 77.7 Å². The van der Waals surface area contributed by atoms with Crippen LogP contribution in [0.4, 0.5) is 5.69 Å². The Morgan fingerprint density at radius 3 is 2.22 bits per heavy atom. The maximum atomic E-state index is 14.0. The van der Waals surface area contributed by atoms with Gasteiger partial charge in [-0.3, -0.25) is 13.9 Å².